The second-order valence-electron chi connectivity index (χ2n) is 8.97. The minimum atomic E-state index is -0.248. The zero-order valence-corrected chi connectivity index (χ0v) is 21.2. The number of nitrogens with one attached hydrogen (secondary N) is 3. The molecule has 3 rings (SSSR count). The first kappa shape index (κ1) is 27.9. The Morgan fingerprint density at radius 3 is 1.05 bits per heavy atom. The van der Waals surface area contributed by atoms with Crippen LogP contribution < -0.4 is 16.0 Å². The molecule has 3 aromatic rings. The molecule has 37 heavy (non-hydrogen) atoms. The van der Waals surface area contributed by atoms with Gasteiger partial charge < -0.3 is 30.6 Å². The van der Waals surface area contributed by atoms with Crippen molar-refractivity contribution < 1.29 is 30.6 Å². The monoisotopic (exact) mass is 512 g/mol. The Morgan fingerprint density at radius 1 is 0.514 bits per heavy atom. The predicted octanol–water partition coefficient (Wildman–Crippen LogP) is 2.93. The van der Waals surface area contributed by atoms with Crippen LogP contribution in [0.3, 0.4) is 0 Å². The summed E-state index contributed by atoms with van der Waals surface area (Å²) in [6, 6.07) is 14.4. The summed E-state index contributed by atoms with van der Waals surface area (Å²) in [5, 5.41) is 70.0. The number of hydrogen-bond acceptors (Lipinski definition) is 10. The quantitative estimate of drug-likeness (QED) is 0.130. The van der Waals surface area contributed by atoms with Gasteiger partial charge in [-0.15, -0.1) is 0 Å². The van der Waals surface area contributed by atoms with E-state index in [1.165, 1.54) is 18.2 Å². The summed E-state index contributed by atoms with van der Waals surface area (Å²) in [4.78, 5) is 2.08. The Bertz CT molecular complexity index is 1050. The van der Waals surface area contributed by atoms with E-state index in [1.807, 2.05) is 20.8 Å². The number of aromatic hydroxyl groups is 6. The molecule has 0 saturated heterocycles. The Labute approximate surface area is 216 Å². The van der Waals surface area contributed by atoms with Crippen molar-refractivity contribution in [3.05, 3.63) is 71.3 Å². The minimum absolute atomic E-state index is 0.176. The average Bonchev–Trinajstić information content (AvgIpc) is 2.87. The summed E-state index contributed by atoms with van der Waals surface area (Å²) in [5.41, 5.74) is 1.63. The van der Waals surface area contributed by atoms with Gasteiger partial charge in [0, 0.05) is 36.3 Å². The molecule has 10 heteroatoms. The van der Waals surface area contributed by atoms with E-state index in [1.54, 1.807) is 36.4 Å². The lowest BCUT2D eigenvalue weighted by molar-refractivity contribution is 0.0471. The van der Waals surface area contributed by atoms with Crippen molar-refractivity contribution in [3.8, 4) is 34.5 Å². The molecule has 3 aromatic carbocycles. The summed E-state index contributed by atoms with van der Waals surface area (Å²) in [6.45, 7) is 6.73. The Kier molecular flexibility index (Phi) is 9.42. The number of hydrogen-bond donors (Lipinski definition) is 9. The van der Waals surface area contributed by atoms with Crippen molar-refractivity contribution in [1.29, 1.82) is 0 Å². The number of benzene rings is 3. The highest BCUT2D eigenvalue weighted by Crippen LogP contribution is 2.30. The summed E-state index contributed by atoms with van der Waals surface area (Å²) >= 11 is 0. The summed E-state index contributed by atoms with van der Waals surface area (Å²) in [5.74, 6) is -1.10. The van der Waals surface area contributed by atoms with Gasteiger partial charge in [0.2, 0.25) is 0 Å². The topological polar surface area (TPSA) is 161 Å². The Morgan fingerprint density at radius 2 is 0.784 bits per heavy atom. The molecule has 0 bridgehead atoms. The Balaban J connectivity index is 1.74. The van der Waals surface area contributed by atoms with Crippen molar-refractivity contribution in [2.75, 3.05) is 0 Å². The molecule has 0 saturated carbocycles. The lowest BCUT2D eigenvalue weighted by Gasteiger charge is -2.40. The van der Waals surface area contributed by atoms with Crippen LogP contribution in [0.4, 0.5) is 0 Å². The van der Waals surface area contributed by atoms with E-state index < -0.39 is 0 Å². The predicted molar refractivity (Wildman–Crippen MR) is 140 cm³/mol. The summed E-state index contributed by atoms with van der Waals surface area (Å²) in [7, 11) is 0. The summed E-state index contributed by atoms with van der Waals surface area (Å²) in [6.07, 6.45) is -0.744. The van der Waals surface area contributed by atoms with Gasteiger partial charge in [-0.1, -0.05) is 36.4 Å². The van der Waals surface area contributed by atoms with Gasteiger partial charge in [0.15, 0.2) is 34.5 Å². The SMILES string of the molecule is CC(NCc1cccc(O)c1O)N(C(C)NCc1cccc(O)c1O)C(C)NCc1cccc(O)c1O. The van der Waals surface area contributed by atoms with E-state index in [0.717, 1.165) is 0 Å². The minimum Gasteiger partial charge on any atom is -0.504 e. The third-order valence-electron chi connectivity index (χ3n) is 6.40. The first-order chi connectivity index (χ1) is 17.6. The average molecular weight is 513 g/mol. The highest BCUT2D eigenvalue weighted by atomic mass is 16.3. The fourth-order valence-corrected chi connectivity index (χ4v) is 4.26. The Hall–Kier alpha value is -3.70. The molecule has 0 aliphatic heterocycles. The summed E-state index contributed by atoms with van der Waals surface area (Å²) < 4.78 is 0. The largest absolute Gasteiger partial charge is 0.504 e. The molecule has 10 nitrogen and oxygen atoms in total. The molecule has 0 heterocycles. The maximum atomic E-state index is 10.2. The van der Waals surface area contributed by atoms with Crippen molar-refractivity contribution in [2.24, 2.45) is 0 Å². The van der Waals surface area contributed by atoms with E-state index in [2.05, 4.69) is 20.9 Å². The number of phenols is 6. The van der Waals surface area contributed by atoms with Crippen LogP contribution >= 0.6 is 0 Å². The molecule has 0 aliphatic carbocycles. The lowest BCUT2D eigenvalue weighted by atomic mass is 10.1. The maximum Gasteiger partial charge on any atom is 0.161 e. The first-order valence-electron chi connectivity index (χ1n) is 12.1. The highest BCUT2D eigenvalue weighted by Gasteiger charge is 2.26. The van der Waals surface area contributed by atoms with E-state index in [-0.39, 0.29) is 72.6 Å². The molecule has 0 radical (unpaired) electrons. The molecular weight excluding hydrogens is 476 g/mol. The van der Waals surface area contributed by atoms with Gasteiger partial charge in [-0.25, -0.2) is 0 Å². The smallest absolute Gasteiger partial charge is 0.161 e. The molecule has 9 N–H and O–H groups in total. The molecule has 3 unspecified atom stereocenters. The van der Waals surface area contributed by atoms with Crippen LogP contribution in [0.5, 0.6) is 34.5 Å². The van der Waals surface area contributed by atoms with Crippen LogP contribution in [0.25, 0.3) is 0 Å². The zero-order chi connectivity index (χ0) is 27.1. The standard InChI is InChI=1S/C27H36N4O6/c1-16(28-13-19-7-4-10-22(32)25(19)35)31(17(2)29-14-20-8-5-11-23(33)26(20)36)18(3)30-15-21-9-6-12-24(34)27(21)37/h4-12,16-18,28-30,32-37H,13-15H2,1-3H3. The molecule has 3 atom stereocenters. The van der Waals surface area contributed by atoms with Gasteiger partial charge in [0.1, 0.15) is 0 Å². The van der Waals surface area contributed by atoms with E-state index in [0.29, 0.717) is 16.7 Å². The molecule has 0 aliphatic rings. The molecule has 200 valence electrons. The highest BCUT2D eigenvalue weighted by molar-refractivity contribution is 5.45. The lowest BCUT2D eigenvalue weighted by Crippen LogP contribution is -2.60. The van der Waals surface area contributed by atoms with E-state index in [4.69, 9.17) is 0 Å². The van der Waals surface area contributed by atoms with Crippen LogP contribution in [0.1, 0.15) is 37.5 Å². The zero-order valence-electron chi connectivity index (χ0n) is 21.2. The van der Waals surface area contributed by atoms with Crippen LogP contribution in [0.2, 0.25) is 0 Å². The molecular formula is C27H36N4O6. The number of phenolic OH excluding ortho intramolecular Hbond substituents is 6. The fourth-order valence-electron chi connectivity index (χ4n) is 4.26. The third-order valence-corrected chi connectivity index (χ3v) is 6.40. The molecule has 0 spiro atoms. The van der Waals surface area contributed by atoms with Gasteiger partial charge in [0.05, 0.1) is 18.5 Å². The van der Waals surface area contributed by atoms with Crippen LogP contribution in [0, 0.1) is 0 Å². The number of nitrogens with zero attached hydrogens (tertiary/aromatic N) is 1. The second-order valence-corrected chi connectivity index (χ2v) is 8.97. The molecule has 0 aromatic heterocycles. The third kappa shape index (κ3) is 6.95. The van der Waals surface area contributed by atoms with Crippen molar-refractivity contribution >= 4 is 0 Å². The van der Waals surface area contributed by atoms with Gasteiger partial charge >= 0.3 is 0 Å². The van der Waals surface area contributed by atoms with Crippen LogP contribution in [-0.4, -0.2) is 54.0 Å². The number of rotatable bonds is 12. The van der Waals surface area contributed by atoms with Crippen molar-refractivity contribution in [1.82, 2.24) is 20.9 Å². The van der Waals surface area contributed by atoms with Crippen LogP contribution in [0.15, 0.2) is 54.6 Å². The van der Waals surface area contributed by atoms with Gasteiger partial charge in [-0.3, -0.25) is 20.9 Å². The van der Waals surface area contributed by atoms with Gasteiger partial charge in [-0.2, -0.15) is 0 Å². The van der Waals surface area contributed by atoms with E-state index in [9.17, 15) is 30.6 Å². The first-order valence-corrected chi connectivity index (χ1v) is 12.1. The molecule has 0 amide bonds. The second kappa shape index (κ2) is 12.5. The van der Waals surface area contributed by atoms with Crippen LogP contribution in [-0.2, 0) is 19.6 Å². The normalized spacial score (nSPS) is 13.9. The number of para-hydroxylation sites is 3. The van der Waals surface area contributed by atoms with Gasteiger partial charge in [-0.05, 0) is 39.0 Å². The fraction of sp³-hybridized carbons (Fsp3) is 0.333. The van der Waals surface area contributed by atoms with Gasteiger partial charge in [0.25, 0.3) is 0 Å². The maximum absolute atomic E-state index is 10.2. The van der Waals surface area contributed by atoms with Crippen molar-refractivity contribution in [2.45, 2.75) is 58.9 Å². The molecule has 0 fully saturated rings. The van der Waals surface area contributed by atoms with Crippen molar-refractivity contribution in [3.63, 3.8) is 0 Å². The van der Waals surface area contributed by atoms with E-state index >= 15 is 0 Å².